The monoisotopic (exact) mass is 338 g/mol. The number of carbonyl (C=O) groups is 2. The number of amides is 1. The highest BCUT2D eigenvalue weighted by atomic mass is 79.9. The average Bonchev–Trinajstić information content (AvgIpc) is 2.41. The molecule has 1 aromatic carbocycles. The van der Waals surface area contributed by atoms with Gasteiger partial charge in [-0.05, 0) is 40.2 Å². The van der Waals surface area contributed by atoms with E-state index in [9.17, 15) is 14.0 Å². The molecule has 0 aliphatic heterocycles. The summed E-state index contributed by atoms with van der Waals surface area (Å²) in [5.41, 5.74) is 0.345. The van der Waals surface area contributed by atoms with E-state index in [4.69, 9.17) is 5.11 Å². The molecule has 2 aromatic rings. The molecule has 7 heteroatoms. The second-order valence-corrected chi connectivity index (χ2v) is 4.70. The minimum Gasteiger partial charge on any atom is -0.478 e. The fourth-order valence-corrected chi connectivity index (χ4v) is 1.83. The van der Waals surface area contributed by atoms with Crippen LogP contribution >= 0.6 is 15.9 Å². The number of nitrogens with zero attached hydrogens (tertiary/aromatic N) is 1. The fraction of sp³-hybridized carbons (Fsp3) is 0. The molecule has 0 saturated heterocycles. The maximum atomic E-state index is 13.0. The van der Waals surface area contributed by atoms with Crippen LogP contribution in [0.5, 0.6) is 0 Å². The molecule has 0 bridgehead atoms. The van der Waals surface area contributed by atoms with E-state index < -0.39 is 17.7 Å². The first-order valence-electron chi connectivity index (χ1n) is 5.42. The lowest BCUT2D eigenvalue weighted by Gasteiger charge is -2.08. The van der Waals surface area contributed by atoms with Crippen LogP contribution in [0.2, 0.25) is 0 Å². The molecule has 0 atom stereocenters. The SMILES string of the molecule is O=C(O)c1ccc(Br)c(NC(=O)c2cncc(F)c2)c1. The van der Waals surface area contributed by atoms with Crippen LogP contribution in [0.1, 0.15) is 20.7 Å². The van der Waals surface area contributed by atoms with Gasteiger partial charge in [0, 0.05) is 10.7 Å². The van der Waals surface area contributed by atoms with Crippen molar-refractivity contribution >= 4 is 33.5 Å². The summed E-state index contributed by atoms with van der Waals surface area (Å²) in [5.74, 6) is -2.32. The summed E-state index contributed by atoms with van der Waals surface area (Å²) in [7, 11) is 0. The predicted molar refractivity (Wildman–Crippen MR) is 73.2 cm³/mol. The van der Waals surface area contributed by atoms with Crippen LogP contribution in [-0.2, 0) is 0 Å². The highest BCUT2D eigenvalue weighted by Crippen LogP contribution is 2.24. The minimum absolute atomic E-state index is 0.0286. The zero-order valence-electron chi connectivity index (χ0n) is 9.93. The smallest absolute Gasteiger partial charge is 0.335 e. The molecule has 0 aliphatic carbocycles. The zero-order chi connectivity index (χ0) is 14.7. The lowest BCUT2D eigenvalue weighted by Crippen LogP contribution is -2.13. The van der Waals surface area contributed by atoms with E-state index in [2.05, 4.69) is 26.2 Å². The first-order valence-corrected chi connectivity index (χ1v) is 6.21. The third-order valence-corrected chi connectivity index (χ3v) is 3.12. The van der Waals surface area contributed by atoms with Gasteiger partial charge in [-0.3, -0.25) is 9.78 Å². The molecule has 0 radical (unpaired) electrons. The van der Waals surface area contributed by atoms with Crippen LogP contribution in [0.15, 0.2) is 41.1 Å². The molecule has 1 amide bonds. The molecule has 0 aliphatic rings. The number of hydrogen-bond acceptors (Lipinski definition) is 3. The summed E-state index contributed by atoms with van der Waals surface area (Å²) >= 11 is 3.20. The van der Waals surface area contributed by atoms with Gasteiger partial charge in [-0.1, -0.05) is 0 Å². The van der Waals surface area contributed by atoms with Crippen molar-refractivity contribution in [3.05, 3.63) is 58.1 Å². The van der Waals surface area contributed by atoms with Gasteiger partial charge in [-0.25, -0.2) is 9.18 Å². The van der Waals surface area contributed by atoms with E-state index >= 15 is 0 Å². The molecule has 0 saturated carbocycles. The largest absolute Gasteiger partial charge is 0.478 e. The van der Waals surface area contributed by atoms with Gasteiger partial charge in [0.15, 0.2) is 0 Å². The second kappa shape index (κ2) is 5.79. The lowest BCUT2D eigenvalue weighted by molar-refractivity contribution is 0.0696. The average molecular weight is 339 g/mol. The summed E-state index contributed by atoms with van der Waals surface area (Å²) in [5, 5.41) is 11.4. The van der Waals surface area contributed by atoms with Gasteiger partial charge in [-0.2, -0.15) is 0 Å². The van der Waals surface area contributed by atoms with Crippen molar-refractivity contribution in [1.29, 1.82) is 0 Å². The molecule has 2 N–H and O–H groups in total. The van der Waals surface area contributed by atoms with Crippen molar-refractivity contribution < 1.29 is 19.1 Å². The molecule has 1 heterocycles. The summed E-state index contributed by atoms with van der Waals surface area (Å²) in [6.45, 7) is 0. The Bertz CT molecular complexity index is 691. The first kappa shape index (κ1) is 14.1. The maximum absolute atomic E-state index is 13.0. The van der Waals surface area contributed by atoms with E-state index in [1.807, 2.05) is 0 Å². The van der Waals surface area contributed by atoms with Gasteiger partial charge in [0.2, 0.25) is 0 Å². The summed E-state index contributed by atoms with van der Waals surface area (Å²) < 4.78 is 13.5. The number of nitrogens with one attached hydrogen (secondary N) is 1. The minimum atomic E-state index is -1.11. The maximum Gasteiger partial charge on any atom is 0.335 e. The molecule has 2 rings (SSSR count). The highest BCUT2D eigenvalue weighted by Gasteiger charge is 2.12. The number of rotatable bonds is 3. The zero-order valence-corrected chi connectivity index (χ0v) is 11.5. The molecule has 0 spiro atoms. The van der Waals surface area contributed by atoms with Crippen molar-refractivity contribution in [2.24, 2.45) is 0 Å². The number of carboxylic acids is 1. The van der Waals surface area contributed by atoms with Gasteiger partial charge in [0.25, 0.3) is 5.91 Å². The van der Waals surface area contributed by atoms with Crippen LogP contribution in [0, 0.1) is 5.82 Å². The molecule has 20 heavy (non-hydrogen) atoms. The number of aromatic carboxylic acids is 1. The quantitative estimate of drug-likeness (QED) is 0.901. The van der Waals surface area contributed by atoms with Crippen molar-refractivity contribution in [2.45, 2.75) is 0 Å². The molecule has 0 fully saturated rings. The molecular formula is C13H8BrFN2O3. The molecule has 5 nitrogen and oxygen atoms in total. The van der Waals surface area contributed by atoms with Crippen LogP contribution in [0.25, 0.3) is 0 Å². The predicted octanol–water partition coefficient (Wildman–Crippen LogP) is 2.93. The molecule has 1 aromatic heterocycles. The lowest BCUT2D eigenvalue weighted by atomic mass is 10.2. The fourth-order valence-electron chi connectivity index (χ4n) is 1.48. The third-order valence-electron chi connectivity index (χ3n) is 2.43. The number of carboxylic acid groups (broad SMARTS) is 1. The Morgan fingerprint density at radius 3 is 2.60 bits per heavy atom. The van der Waals surface area contributed by atoms with Crippen LogP contribution in [0.3, 0.4) is 0 Å². The number of pyridine rings is 1. The number of benzene rings is 1. The Hall–Kier alpha value is -2.28. The Morgan fingerprint density at radius 1 is 1.20 bits per heavy atom. The highest BCUT2D eigenvalue weighted by molar-refractivity contribution is 9.10. The topological polar surface area (TPSA) is 79.3 Å². The normalized spacial score (nSPS) is 10.1. The number of hydrogen-bond donors (Lipinski definition) is 2. The number of anilines is 1. The van der Waals surface area contributed by atoms with E-state index in [-0.39, 0.29) is 16.8 Å². The van der Waals surface area contributed by atoms with Crippen LogP contribution < -0.4 is 5.32 Å². The van der Waals surface area contributed by atoms with E-state index in [0.29, 0.717) is 4.47 Å². The first-order chi connectivity index (χ1) is 9.47. The van der Waals surface area contributed by atoms with Crippen molar-refractivity contribution in [3.8, 4) is 0 Å². The number of halogens is 2. The third kappa shape index (κ3) is 3.18. The number of carbonyl (C=O) groups excluding carboxylic acids is 1. The Kier molecular flexibility index (Phi) is 4.09. The Morgan fingerprint density at radius 2 is 1.95 bits per heavy atom. The molecular weight excluding hydrogens is 331 g/mol. The van der Waals surface area contributed by atoms with Gasteiger partial charge < -0.3 is 10.4 Å². The van der Waals surface area contributed by atoms with Gasteiger partial charge >= 0.3 is 5.97 Å². The van der Waals surface area contributed by atoms with Gasteiger partial charge in [0.1, 0.15) is 5.82 Å². The van der Waals surface area contributed by atoms with Crippen molar-refractivity contribution in [1.82, 2.24) is 4.98 Å². The summed E-state index contributed by atoms with van der Waals surface area (Å²) in [4.78, 5) is 26.4. The van der Waals surface area contributed by atoms with Gasteiger partial charge in [0.05, 0.1) is 23.0 Å². The number of aromatic nitrogens is 1. The molecule has 0 unspecified atom stereocenters. The van der Waals surface area contributed by atoms with Crippen molar-refractivity contribution in [2.75, 3.05) is 5.32 Å². The van der Waals surface area contributed by atoms with Crippen LogP contribution in [0.4, 0.5) is 10.1 Å². The van der Waals surface area contributed by atoms with Crippen molar-refractivity contribution in [3.63, 3.8) is 0 Å². The van der Waals surface area contributed by atoms with Crippen LogP contribution in [-0.4, -0.2) is 22.0 Å². The molecule has 102 valence electrons. The standard InChI is InChI=1S/C13H8BrFN2O3/c14-10-2-1-7(13(19)20)4-11(10)17-12(18)8-3-9(15)6-16-5-8/h1-6H,(H,17,18)(H,19,20). The Labute approximate surface area is 121 Å². The summed E-state index contributed by atoms with van der Waals surface area (Å²) in [6.07, 6.45) is 2.20. The van der Waals surface area contributed by atoms with E-state index in [1.165, 1.54) is 24.4 Å². The van der Waals surface area contributed by atoms with E-state index in [0.717, 1.165) is 12.3 Å². The summed E-state index contributed by atoms with van der Waals surface area (Å²) in [6, 6.07) is 5.24. The second-order valence-electron chi connectivity index (χ2n) is 3.85. The Balaban J connectivity index is 2.27. The van der Waals surface area contributed by atoms with E-state index in [1.54, 1.807) is 0 Å². The van der Waals surface area contributed by atoms with Gasteiger partial charge in [-0.15, -0.1) is 0 Å².